The van der Waals surface area contributed by atoms with Gasteiger partial charge in [-0.25, -0.2) is 4.79 Å². The lowest BCUT2D eigenvalue weighted by atomic mass is 10.5. The van der Waals surface area contributed by atoms with Crippen LogP contribution in [0.1, 0.15) is 0 Å². The molecule has 3 amide bonds. The third kappa shape index (κ3) is 4.42. The summed E-state index contributed by atoms with van der Waals surface area (Å²) in [6.07, 6.45) is 0. The second-order valence-corrected chi connectivity index (χ2v) is 3.72. The lowest BCUT2D eigenvalue weighted by Crippen LogP contribution is -2.43. The fourth-order valence-corrected chi connectivity index (χ4v) is 1.38. The molecule has 0 aromatic carbocycles. The van der Waals surface area contributed by atoms with E-state index in [1.807, 2.05) is 0 Å². The van der Waals surface area contributed by atoms with Gasteiger partial charge in [0.1, 0.15) is 18.6 Å². The predicted molar refractivity (Wildman–Crippen MR) is 57.3 cm³/mol. The van der Waals surface area contributed by atoms with Crippen molar-refractivity contribution in [3.8, 4) is 0 Å². The normalized spacial score (nSPS) is 9.65. The number of nitrogens with zero attached hydrogens (tertiary/aromatic N) is 3. The molecule has 1 rings (SSSR count). The number of hydrogen-bond donors (Lipinski definition) is 3. The van der Waals surface area contributed by atoms with Crippen LogP contribution < -0.4 is 11.1 Å². The average molecular weight is 259 g/mol. The largest absolute Gasteiger partial charge is 0.480 e. The number of urea groups is 1. The third-order valence-corrected chi connectivity index (χ3v) is 2.14. The van der Waals surface area contributed by atoms with Gasteiger partial charge in [0.15, 0.2) is 0 Å². The molecule has 0 saturated heterocycles. The van der Waals surface area contributed by atoms with Crippen molar-refractivity contribution < 1.29 is 19.5 Å². The van der Waals surface area contributed by atoms with Crippen LogP contribution >= 0.6 is 11.3 Å². The molecule has 0 unspecified atom stereocenters. The minimum atomic E-state index is -1.25. The zero-order valence-electron chi connectivity index (χ0n) is 8.49. The van der Waals surface area contributed by atoms with Crippen molar-refractivity contribution in [1.29, 1.82) is 0 Å². The Morgan fingerprint density at radius 3 is 2.65 bits per heavy atom. The lowest BCUT2D eigenvalue weighted by molar-refractivity contribution is -0.137. The van der Waals surface area contributed by atoms with Crippen LogP contribution in [0.3, 0.4) is 0 Å². The van der Waals surface area contributed by atoms with E-state index in [1.54, 1.807) is 0 Å². The number of carbonyl (C=O) groups excluding carboxylic acids is 2. The summed E-state index contributed by atoms with van der Waals surface area (Å²) in [5, 5.41) is 18.1. The summed E-state index contributed by atoms with van der Waals surface area (Å²) in [7, 11) is 0. The standard InChI is InChI=1S/C7H9N5O4S/c8-4(13)1-12(2-5(14)15)7(16)10-6-11-9-3-17-6/h3H,1-2H2,(H2,8,13)(H,14,15)(H,10,11,16). The maximum absolute atomic E-state index is 11.6. The van der Waals surface area contributed by atoms with Gasteiger partial charge in [-0.2, -0.15) is 0 Å². The molecule has 0 bridgehead atoms. The Hall–Kier alpha value is -2.23. The van der Waals surface area contributed by atoms with Gasteiger partial charge in [0, 0.05) is 0 Å². The quantitative estimate of drug-likeness (QED) is 0.616. The number of rotatable bonds is 5. The molecule has 0 fully saturated rings. The highest BCUT2D eigenvalue weighted by Crippen LogP contribution is 2.08. The van der Waals surface area contributed by atoms with Crippen LogP contribution in [0.25, 0.3) is 0 Å². The summed E-state index contributed by atoms with van der Waals surface area (Å²) in [4.78, 5) is 33.5. The first-order valence-corrected chi connectivity index (χ1v) is 5.19. The number of carboxylic acid groups (broad SMARTS) is 1. The number of hydrogen-bond acceptors (Lipinski definition) is 6. The van der Waals surface area contributed by atoms with Crippen LogP contribution in [0.2, 0.25) is 0 Å². The van der Waals surface area contributed by atoms with Crippen molar-refractivity contribution in [2.45, 2.75) is 0 Å². The highest BCUT2D eigenvalue weighted by Gasteiger charge is 2.19. The van der Waals surface area contributed by atoms with E-state index in [9.17, 15) is 14.4 Å². The summed E-state index contributed by atoms with van der Waals surface area (Å²) in [5.74, 6) is -2.06. The number of anilines is 1. The maximum atomic E-state index is 11.6. The number of amides is 3. The molecule has 0 spiro atoms. The Morgan fingerprint density at radius 1 is 1.47 bits per heavy atom. The zero-order valence-corrected chi connectivity index (χ0v) is 9.31. The van der Waals surface area contributed by atoms with Crippen molar-refractivity contribution in [1.82, 2.24) is 15.1 Å². The van der Waals surface area contributed by atoms with Gasteiger partial charge in [0.05, 0.1) is 0 Å². The van der Waals surface area contributed by atoms with E-state index in [1.165, 1.54) is 5.51 Å². The van der Waals surface area contributed by atoms with Crippen LogP contribution in [-0.2, 0) is 9.59 Å². The van der Waals surface area contributed by atoms with Gasteiger partial charge in [-0.05, 0) is 0 Å². The summed E-state index contributed by atoms with van der Waals surface area (Å²) >= 11 is 1.06. The Balaban J connectivity index is 2.65. The molecule has 92 valence electrons. The molecule has 10 heteroatoms. The summed E-state index contributed by atoms with van der Waals surface area (Å²) in [6.45, 7) is -1.12. The highest BCUT2D eigenvalue weighted by molar-refractivity contribution is 7.13. The number of carbonyl (C=O) groups is 3. The van der Waals surface area contributed by atoms with E-state index in [0.29, 0.717) is 0 Å². The SMILES string of the molecule is NC(=O)CN(CC(=O)O)C(=O)Nc1nncs1. The van der Waals surface area contributed by atoms with Gasteiger partial charge in [0.2, 0.25) is 11.0 Å². The average Bonchev–Trinajstić information content (AvgIpc) is 2.67. The molecule has 0 atom stereocenters. The molecule has 4 N–H and O–H groups in total. The van der Waals surface area contributed by atoms with E-state index in [-0.39, 0.29) is 5.13 Å². The monoisotopic (exact) mass is 259 g/mol. The molecule has 0 radical (unpaired) electrons. The fourth-order valence-electron chi connectivity index (χ4n) is 0.949. The van der Waals surface area contributed by atoms with Crippen molar-refractivity contribution in [3.63, 3.8) is 0 Å². The maximum Gasteiger partial charge on any atom is 0.324 e. The second-order valence-electron chi connectivity index (χ2n) is 2.89. The molecule has 0 aliphatic heterocycles. The Kier molecular flexibility index (Phi) is 4.34. The second kappa shape index (κ2) is 5.75. The smallest absolute Gasteiger partial charge is 0.324 e. The molecular formula is C7H9N5O4S. The molecule has 1 aromatic heterocycles. The molecule has 0 saturated carbocycles. The predicted octanol–water partition coefficient (Wildman–Crippen LogP) is -1.06. The van der Waals surface area contributed by atoms with Gasteiger partial charge in [0.25, 0.3) is 0 Å². The van der Waals surface area contributed by atoms with Crippen molar-refractivity contribution in [3.05, 3.63) is 5.51 Å². The van der Waals surface area contributed by atoms with Crippen LogP contribution in [0.4, 0.5) is 9.93 Å². The van der Waals surface area contributed by atoms with E-state index >= 15 is 0 Å². The van der Waals surface area contributed by atoms with Gasteiger partial charge >= 0.3 is 12.0 Å². The van der Waals surface area contributed by atoms with E-state index in [4.69, 9.17) is 10.8 Å². The number of nitrogens with two attached hydrogens (primary N) is 1. The zero-order chi connectivity index (χ0) is 12.8. The van der Waals surface area contributed by atoms with E-state index < -0.39 is 31.0 Å². The molecule has 1 heterocycles. The summed E-state index contributed by atoms with van der Waals surface area (Å²) in [5.41, 5.74) is 6.30. The summed E-state index contributed by atoms with van der Waals surface area (Å²) in [6, 6.07) is -0.775. The van der Waals surface area contributed by atoms with Crippen LogP contribution in [0, 0.1) is 0 Å². The number of aromatic nitrogens is 2. The molecule has 0 aliphatic rings. The molecule has 17 heavy (non-hydrogen) atoms. The Morgan fingerprint density at radius 2 is 2.18 bits per heavy atom. The van der Waals surface area contributed by atoms with Gasteiger partial charge in [-0.3, -0.25) is 14.9 Å². The molecule has 1 aromatic rings. The van der Waals surface area contributed by atoms with Crippen LogP contribution in [0.15, 0.2) is 5.51 Å². The van der Waals surface area contributed by atoms with Gasteiger partial charge in [-0.15, -0.1) is 10.2 Å². The first-order chi connectivity index (χ1) is 7.99. The van der Waals surface area contributed by atoms with Crippen molar-refractivity contribution >= 4 is 34.4 Å². The Labute approximate surface area is 99.2 Å². The first kappa shape index (κ1) is 12.8. The topological polar surface area (TPSA) is 139 Å². The fraction of sp³-hybridized carbons (Fsp3) is 0.286. The molecular weight excluding hydrogens is 250 g/mol. The number of aliphatic carboxylic acids is 1. The van der Waals surface area contributed by atoms with Crippen molar-refractivity contribution in [2.24, 2.45) is 5.73 Å². The lowest BCUT2D eigenvalue weighted by Gasteiger charge is -2.18. The minimum absolute atomic E-state index is 0.204. The first-order valence-electron chi connectivity index (χ1n) is 4.31. The highest BCUT2D eigenvalue weighted by atomic mass is 32.1. The van der Waals surface area contributed by atoms with Gasteiger partial charge < -0.3 is 15.7 Å². The number of carboxylic acids is 1. The van der Waals surface area contributed by atoms with Gasteiger partial charge in [-0.1, -0.05) is 11.3 Å². The third-order valence-electron chi connectivity index (χ3n) is 1.53. The Bertz CT molecular complexity index is 404. The minimum Gasteiger partial charge on any atom is -0.480 e. The number of primary amides is 1. The molecule has 0 aliphatic carbocycles. The molecule has 9 nitrogen and oxygen atoms in total. The van der Waals surface area contributed by atoms with Crippen molar-refractivity contribution in [2.75, 3.05) is 18.4 Å². The summed E-state index contributed by atoms with van der Waals surface area (Å²) < 4.78 is 0. The number of nitrogens with one attached hydrogen (secondary N) is 1. The van der Waals surface area contributed by atoms with E-state index in [2.05, 4.69) is 15.5 Å². The van der Waals surface area contributed by atoms with Crippen LogP contribution in [0.5, 0.6) is 0 Å². The van der Waals surface area contributed by atoms with Crippen LogP contribution in [-0.4, -0.2) is 51.2 Å². The van der Waals surface area contributed by atoms with E-state index in [0.717, 1.165) is 16.2 Å².